The maximum absolute atomic E-state index is 13.2. The fourth-order valence-electron chi connectivity index (χ4n) is 5.18. The number of hydrogen-bond donors (Lipinski definition) is 5. The maximum Gasteiger partial charge on any atom is 0.573 e. The molecule has 0 saturated heterocycles. The highest BCUT2D eigenvalue weighted by atomic mass is 32.2. The Morgan fingerprint density at radius 2 is 1.77 bits per heavy atom. The molecular weight excluding hydrogens is 659 g/mol. The molecule has 1 aliphatic rings. The van der Waals surface area contributed by atoms with Crippen LogP contribution in [-0.2, 0) is 19.6 Å². The summed E-state index contributed by atoms with van der Waals surface area (Å²) in [6.07, 6.45) is 0.179. The predicted molar refractivity (Wildman–Crippen MR) is 170 cm³/mol. The van der Waals surface area contributed by atoms with Gasteiger partial charge in [0.25, 0.3) is 0 Å². The van der Waals surface area contributed by atoms with Crippen molar-refractivity contribution < 1.29 is 45.4 Å². The van der Waals surface area contributed by atoms with E-state index in [0.29, 0.717) is 25.1 Å². The van der Waals surface area contributed by atoms with Crippen molar-refractivity contribution >= 4 is 50.7 Å². The molecule has 0 unspecified atom stereocenters. The first-order chi connectivity index (χ1) is 22.7. The molecule has 0 atom stereocenters. The largest absolute Gasteiger partial charge is 0.573 e. The van der Waals surface area contributed by atoms with Gasteiger partial charge >= 0.3 is 6.36 Å². The second-order valence-electron chi connectivity index (χ2n) is 10.7. The van der Waals surface area contributed by atoms with Crippen LogP contribution in [0.2, 0.25) is 0 Å². The first kappa shape index (κ1) is 35.7. The minimum absolute atomic E-state index is 0.0170. The molecule has 2 amide bonds. The smallest absolute Gasteiger partial charge is 0.493 e. The number of anilines is 5. The van der Waals surface area contributed by atoms with Gasteiger partial charge in [0, 0.05) is 30.4 Å². The van der Waals surface area contributed by atoms with E-state index in [0.717, 1.165) is 25.0 Å². The Kier molecular flexibility index (Phi) is 11.3. The standard InChI is InChI=1S/C30H34F3N7O7S/c1-4-25(41)36-16-17-8-10-18(11-9-17)28(42)37-19-14-21(26(46-3)23(15-19)45-2)39-29-35-13-12-24(40-29)38-20-6-5-7-22(47-30(31,32)33)27(20)48(34,43)44/h4-7,12-15,17-18H,1,8-11,16H2,2-3H3,(H,36,41)(H,37,42)(H2,34,43,44)(H2,35,38,39,40)/t17-,18-. The van der Waals surface area contributed by atoms with E-state index in [1.165, 1.54) is 38.6 Å². The number of aromatic nitrogens is 2. The Hall–Kier alpha value is -5.10. The van der Waals surface area contributed by atoms with Gasteiger partial charge in [-0.1, -0.05) is 12.6 Å². The molecule has 14 nitrogen and oxygen atoms in total. The van der Waals surface area contributed by atoms with Gasteiger partial charge in [0.15, 0.2) is 17.2 Å². The van der Waals surface area contributed by atoms with Crippen molar-refractivity contribution in [2.24, 2.45) is 17.0 Å². The summed E-state index contributed by atoms with van der Waals surface area (Å²) in [5, 5.41) is 16.5. The summed E-state index contributed by atoms with van der Waals surface area (Å²) >= 11 is 0. The number of nitrogens with zero attached hydrogens (tertiary/aromatic N) is 2. The van der Waals surface area contributed by atoms with Crippen LogP contribution in [0.3, 0.4) is 0 Å². The Balaban J connectivity index is 1.53. The van der Waals surface area contributed by atoms with Crippen LogP contribution in [-0.4, -0.2) is 57.3 Å². The number of hydrogen-bond acceptors (Lipinski definition) is 11. The van der Waals surface area contributed by atoms with Crippen LogP contribution < -0.4 is 40.6 Å². The molecule has 258 valence electrons. The van der Waals surface area contributed by atoms with E-state index < -0.39 is 27.0 Å². The minimum atomic E-state index is -5.18. The summed E-state index contributed by atoms with van der Waals surface area (Å²) in [7, 11) is -1.87. The lowest BCUT2D eigenvalue weighted by molar-refractivity contribution is -0.275. The van der Waals surface area contributed by atoms with Crippen LogP contribution in [0.5, 0.6) is 17.2 Å². The minimum Gasteiger partial charge on any atom is -0.493 e. The Morgan fingerprint density at radius 1 is 1.04 bits per heavy atom. The van der Waals surface area contributed by atoms with Gasteiger partial charge in [-0.3, -0.25) is 9.59 Å². The van der Waals surface area contributed by atoms with E-state index >= 15 is 0 Å². The van der Waals surface area contributed by atoms with Gasteiger partial charge < -0.3 is 35.5 Å². The van der Waals surface area contributed by atoms with Crippen LogP contribution >= 0.6 is 0 Å². The van der Waals surface area contributed by atoms with E-state index in [2.05, 4.69) is 42.6 Å². The van der Waals surface area contributed by atoms with Crippen molar-refractivity contribution in [3.63, 3.8) is 0 Å². The van der Waals surface area contributed by atoms with Gasteiger partial charge in [-0.15, -0.1) is 13.2 Å². The van der Waals surface area contributed by atoms with E-state index in [9.17, 15) is 31.2 Å². The van der Waals surface area contributed by atoms with E-state index in [-0.39, 0.29) is 58.3 Å². The molecule has 3 aromatic rings. The molecule has 18 heteroatoms. The number of amides is 2. The molecule has 0 aliphatic heterocycles. The molecule has 0 radical (unpaired) electrons. The lowest BCUT2D eigenvalue weighted by Crippen LogP contribution is -2.33. The van der Waals surface area contributed by atoms with Crippen LogP contribution in [0.4, 0.5) is 42.0 Å². The average molecular weight is 694 g/mol. The number of alkyl halides is 3. The predicted octanol–water partition coefficient (Wildman–Crippen LogP) is 4.57. The van der Waals surface area contributed by atoms with Gasteiger partial charge in [0.2, 0.25) is 27.8 Å². The number of sulfonamides is 1. The third kappa shape index (κ3) is 9.47. The van der Waals surface area contributed by atoms with Crippen molar-refractivity contribution in [1.29, 1.82) is 0 Å². The van der Waals surface area contributed by atoms with E-state index in [1.807, 2.05) is 0 Å². The number of methoxy groups -OCH3 is 2. The van der Waals surface area contributed by atoms with Gasteiger partial charge in [-0.05, 0) is 61.9 Å². The third-order valence-corrected chi connectivity index (χ3v) is 8.36. The first-order valence-corrected chi connectivity index (χ1v) is 16.0. The molecule has 1 aromatic heterocycles. The fourth-order valence-corrected chi connectivity index (χ4v) is 6.00. The normalized spacial score (nSPS) is 16.3. The SMILES string of the molecule is C=CC(=O)NC[C@H]1CC[C@H](C(=O)Nc2cc(Nc3nccc(Nc4cccc(OC(F)(F)F)c4S(N)(=O)=O)n3)c(OC)c(OC)c2)CC1. The highest BCUT2D eigenvalue weighted by Crippen LogP contribution is 2.40. The highest BCUT2D eigenvalue weighted by molar-refractivity contribution is 7.89. The summed E-state index contributed by atoms with van der Waals surface area (Å²) in [4.78, 5) is 32.2. The lowest BCUT2D eigenvalue weighted by Gasteiger charge is -2.28. The summed E-state index contributed by atoms with van der Waals surface area (Å²) in [6, 6.07) is 7.65. The van der Waals surface area contributed by atoms with Crippen molar-refractivity contribution in [2.45, 2.75) is 36.9 Å². The second kappa shape index (κ2) is 15.2. The molecule has 1 heterocycles. The quantitative estimate of drug-likeness (QED) is 0.157. The average Bonchev–Trinajstić information content (AvgIpc) is 3.02. The number of halogens is 3. The van der Waals surface area contributed by atoms with Crippen molar-refractivity contribution in [1.82, 2.24) is 15.3 Å². The molecule has 1 aliphatic carbocycles. The monoisotopic (exact) mass is 693 g/mol. The van der Waals surface area contributed by atoms with Gasteiger partial charge in [-0.25, -0.2) is 18.5 Å². The van der Waals surface area contributed by atoms with Gasteiger partial charge in [0.1, 0.15) is 10.7 Å². The number of rotatable bonds is 13. The molecule has 1 saturated carbocycles. The number of nitrogens with two attached hydrogens (primary N) is 1. The van der Waals surface area contributed by atoms with Crippen molar-refractivity contribution in [3.05, 3.63) is 55.3 Å². The van der Waals surface area contributed by atoms with Crippen LogP contribution in [0.1, 0.15) is 25.7 Å². The van der Waals surface area contributed by atoms with Crippen LogP contribution in [0.15, 0.2) is 60.1 Å². The Labute approximate surface area is 274 Å². The zero-order valence-electron chi connectivity index (χ0n) is 25.9. The summed E-state index contributed by atoms with van der Waals surface area (Å²) < 4.78 is 78.2. The Bertz CT molecular complexity index is 1770. The van der Waals surface area contributed by atoms with Crippen molar-refractivity contribution in [2.75, 3.05) is 36.7 Å². The van der Waals surface area contributed by atoms with Crippen LogP contribution in [0, 0.1) is 11.8 Å². The number of primary sulfonamides is 1. The number of benzene rings is 2. The number of carbonyl (C=O) groups excluding carboxylic acids is 2. The molecule has 48 heavy (non-hydrogen) atoms. The summed E-state index contributed by atoms with van der Waals surface area (Å²) in [5.74, 6) is -0.960. The molecule has 6 N–H and O–H groups in total. The zero-order valence-corrected chi connectivity index (χ0v) is 26.7. The fraction of sp³-hybridized carbons (Fsp3) is 0.333. The number of ether oxygens (including phenoxy) is 3. The number of nitrogens with one attached hydrogen (secondary N) is 4. The summed E-state index contributed by atoms with van der Waals surface area (Å²) in [6.45, 7) is 3.96. The van der Waals surface area contributed by atoms with Gasteiger partial charge in [-0.2, -0.15) is 4.98 Å². The molecule has 1 fully saturated rings. The maximum atomic E-state index is 13.2. The lowest BCUT2D eigenvalue weighted by atomic mass is 9.81. The molecule has 0 spiro atoms. The van der Waals surface area contributed by atoms with E-state index in [4.69, 9.17) is 14.6 Å². The molecule has 2 aromatic carbocycles. The Morgan fingerprint density at radius 3 is 2.40 bits per heavy atom. The second-order valence-corrected chi connectivity index (χ2v) is 12.2. The topological polar surface area (TPSA) is 196 Å². The number of carbonyl (C=O) groups is 2. The van der Waals surface area contributed by atoms with Gasteiger partial charge in [0.05, 0.1) is 25.6 Å². The zero-order chi connectivity index (χ0) is 35.1. The van der Waals surface area contributed by atoms with E-state index in [1.54, 1.807) is 12.1 Å². The molecular formula is C30H34F3N7O7S. The molecule has 0 bridgehead atoms. The highest BCUT2D eigenvalue weighted by Gasteiger charge is 2.34. The first-order valence-electron chi connectivity index (χ1n) is 14.5. The van der Waals surface area contributed by atoms with Crippen LogP contribution in [0.25, 0.3) is 0 Å². The summed E-state index contributed by atoms with van der Waals surface area (Å²) in [5.41, 5.74) is 0.342. The van der Waals surface area contributed by atoms with Crippen molar-refractivity contribution in [3.8, 4) is 17.2 Å². The third-order valence-electron chi connectivity index (χ3n) is 7.37. The molecule has 4 rings (SSSR count).